The number of hydrogen-bond acceptors (Lipinski definition) is 2. The average molecular weight is 363 g/mol. The van der Waals surface area contributed by atoms with Gasteiger partial charge in [-0.25, -0.2) is 4.98 Å². The van der Waals surface area contributed by atoms with Crippen LogP contribution in [0, 0.1) is 6.92 Å². The molecule has 3 heteroatoms. The highest BCUT2D eigenvalue weighted by molar-refractivity contribution is 5.91. The van der Waals surface area contributed by atoms with Crippen LogP contribution in [0.2, 0.25) is 0 Å². The fraction of sp³-hybridized carbons (Fsp3) is 0.250. The Bertz CT molecular complexity index is 797. The summed E-state index contributed by atoms with van der Waals surface area (Å²) in [5, 5.41) is 2.82. The summed E-state index contributed by atoms with van der Waals surface area (Å²) in [6.45, 7) is 13.9. The number of amides is 1. The number of pyridine rings is 1. The maximum Gasteiger partial charge on any atom is 0.229 e. The number of nitrogens with zero attached hydrogens (tertiary/aromatic N) is 1. The number of hydrogen-bond donors (Lipinski definition) is 1. The van der Waals surface area contributed by atoms with Crippen molar-refractivity contribution < 1.29 is 4.79 Å². The lowest BCUT2D eigenvalue weighted by molar-refractivity contribution is -0.115. The van der Waals surface area contributed by atoms with Gasteiger partial charge in [0.25, 0.3) is 0 Å². The predicted molar refractivity (Wildman–Crippen MR) is 117 cm³/mol. The van der Waals surface area contributed by atoms with Crippen molar-refractivity contribution in [2.24, 2.45) is 0 Å². The molecule has 1 aromatic heterocycles. The van der Waals surface area contributed by atoms with Crippen LogP contribution in [0.5, 0.6) is 0 Å². The highest BCUT2D eigenvalue weighted by Crippen LogP contribution is 2.19. The molecule has 0 aliphatic carbocycles. The van der Waals surface area contributed by atoms with Crippen LogP contribution < -0.4 is 5.32 Å². The Kier molecular flexibility index (Phi) is 9.52. The Hall–Kier alpha value is -2.94. The largest absolute Gasteiger partial charge is 0.310 e. The van der Waals surface area contributed by atoms with Gasteiger partial charge in [-0.2, -0.15) is 0 Å². The first-order valence-corrected chi connectivity index (χ1v) is 9.29. The van der Waals surface area contributed by atoms with Crippen LogP contribution >= 0.6 is 0 Å². The van der Waals surface area contributed by atoms with Crippen molar-refractivity contribution >= 4 is 17.3 Å². The zero-order valence-corrected chi connectivity index (χ0v) is 17.0. The number of allylic oxidation sites excluding steroid dienone is 5. The molecule has 3 nitrogen and oxygen atoms in total. The summed E-state index contributed by atoms with van der Waals surface area (Å²) >= 11 is 0. The van der Waals surface area contributed by atoms with Gasteiger partial charge in [0, 0.05) is 6.20 Å². The van der Waals surface area contributed by atoms with Crippen molar-refractivity contribution in [3.05, 3.63) is 89.7 Å². The van der Waals surface area contributed by atoms with E-state index in [0.717, 1.165) is 27.8 Å². The predicted octanol–water partition coefficient (Wildman–Crippen LogP) is 6.13. The molecular formula is C24H30N2O. The molecule has 0 radical (unpaired) electrons. The van der Waals surface area contributed by atoms with Gasteiger partial charge in [-0.3, -0.25) is 4.79 Å². The molecule has 1 aromatic carbocycles. The minimum absolute atomic E-state index is 0.0738. The third kappa shape index (κ3) is 7.87. The second kappa shape index (κ2) is 11.6. The third-order valence-corrected chi connectivity index (χ3v) is 3.58. The van der Waals surface area contributed by atoms with E-state index in [1.165, 1.54) is 0 Å². The van der Waals surface area contributed by atoms with Crippen LogP contribution in [-0.4, -0.2) is 10.9 Å². The highest BCUT2D eigenvalue weighted by Gasteiger charge is 2.06. The van der Waals surface area contributed by atoms with Crippen molar-refractivity contribution in [2.75, 3.05) is 5.32 Å². The summed E-state index contributed by atoms with van der Waals surface area (Å²) in [7, 11) is 0. The molecule has 0 atom stereocenters. The SMILES string of the molecule is C=C(C)/C=C(\C=C/C)c1ccc(CC(=O)Nc2ccc(C)cn2)cc1.CC. The van der Waals surface area contributed by atoms with Crippen LogP contribution in [0.4, 0.5) is 5.82 Å². The van der Waals surface area contributed by atoms with Gasteiger partial charge >= 0.3 is 0 Å². The number of carbonyl (C=O) groups is 1. The number of aryl methyl sites for hydroxylation is 1. The molecule has 142 valence electrons. The lowest BCUT2D eigenvalue weighted by atomic mass is 10.0. The molecule has 0 bridgehead atoms. The van der Waals surface area contributed by atoms with E-state index >= 15 is 0 Å². The summed E-state index contributed by atoms with van der Waals surface area (Å²) < 4.78 is 0. The number of rotatable bonds is 6. The van der Waals surface area contributed by atoms with E-state index in [0.29, 0.717) is 12.2 Å². The van der Waals surface area contributed by atoms with Gasteiger partial charge in [0.05, 0.1) is 6.42 Å². The monoisotopic (exact) mass is 362 g/mol. The molecule has 27 heavy (non-hydrogen) atoms. The van der Waals surface area contributed by atoms with E-state index in [9.17, 15) is 4.79 Å². The van der Waals surface area contributed by atoms with Crippen molar-refractivity contribution in [2.45, 2.75) is 41.0 Å². The van der Waals surface area contributed by atoms with Gasteiger partial charge < -0.3 is 5.32 Å². The maximum absolute atomic E-state index is 12.1. The fourth-order valence-electron chi connectivity index (χ4n) is 2.40. The topological polar surface area (TPSA) is 42.0 Å². The van der Waals surface area contributed by atoms with Gasteiger partial charge in [0.1, 0.15) is 5.82 Å². The summed E-state index contributed by atoms with van der Waals surface area (Å²) in [5.41, 5.74) is 5.24. The van der Waals surface area contributed by atoms with Crippen molar-refractivity contribution in [1.29, 1.82) is 0 Å². The molecular weight excluding hydrogens is 332 g/mol. The van der Waals surface area contributed by atoms with Gasteiger partial charge in [-0.15, -0.1) is 0 Å². The first-order valence-electron chi connectivity index (χ1n) is 9.29. The molecule has 0 spiro atoms. The number of benzene rings is 1. The minimum Gasteiger partial charge on any atom is -0.310 e. The molecule has 0 aliphatic heterocycles. The lowest BCUT2D eigenvalue weighted by Crippen LogP contribution is -2.15. The number of anilines is 1. The third-order valence-electron chi connectivity index (χ3n) is 3.58. The molecule has 0 saturated carbocycles. The quantitative estimate of drug-likeness (QED) is 0.628. The molecule has 0 unspecified atom stereocenters. The molecule has 1 amide bonds. The Morgan fingerprint density at radius 2 is 1.81 bits per heavy atom. The van der Waals surface area contributed by atoms with Crippen LogP contribution in [-0.2, 0) is 11.2 Å². The van der Waals surface area contributed by atoms with Crippen LogP contribution in [0.1, 0.15) is 44.4 Å². The summed E-state index contributed by atoms with van der Waals surface area (Å²) in [5.74, 6) is 0.502. The normalized spacial score (nSPS) is 10.9. The minimum atomic E-state index is -0.0738. The van der Waals surface area contributed by atoms with Crippen molar-refractivity contribution in [1.82, 2.24) is 4.98 Å². The van der Waals surface area contributed by atoms with Gasteiger partial charge in [-0.1, -0.05) is 74.6 Å². The van der Waals surface area contributed by atoms with Crippen LogP contribution in [0.3, 0.4) is 0 Å². The Morgan fingerprint density at radius 3 is 2.33 bits per heavy atom. The van der Waals surface area contributed by atoms with Crippen LogP contribution in [0.15, 0.2) is 73.0 Å². The van der Waals surface area contributed by atoms with E-state index < -0.39 is 0 Å². The van der Waals surface area contributed by atoms with E-state index in [-0.39, 0.29) is 5.91 Å². The number of aromatic nitrogens is 1. The summed E-state index contributed by atoms with van der Waals surface area (Å²) in [4.78, 5) is 16.3. The van der Waals surface area contributed by atoms with Gasteiger partial charge in [-0.05, 0) is 49.1 Å². The van der Waals surface area contributed by atoms with E-state index in [1.54, 1.807) is 6.20 Å². The second-order valence-electron chi connectivity index (χ2n) is 6.09. The van der Waals surface area contributed by atoms with Crippen molar-refractivity contribution in [3.63, 3.8) is 0 Å². The molecule has 2 rings (SSSR count). The van der Waals surface area contributed by atoms with Gasteiger partial charge in [0.15, 0.2) is 0 Å². The first-order chi connectivity index (χ1) is 13.0. The smallest absolute Gasteiger partial charge is 0.229 e. The molecule has 0 fully saturated rings. The summed E-state index contributed by atoms with van der Waals surface area (Å²) in [6.07, 6.45) is 8.16. The molecule has 1 N–H and O–H groups in total. The van der Waals surface area contributed by atoms with E-state index in [4.69, 9.17) is 0 Å². The second-order valence-corrected chi connectivity index (χ2v) is 6.09. The lowest BCUT2D eigenvalue weighted by Gasteiger charge is -2.07. The molecule has 2 aromatic rings. The van der Waals surface area contributed by atoms with E-state index in [2.05, 4.69) is 23.0 Å². The van der Waals surface area contributed by atoms with Gasteiger partial charge in [0.2, 0.25) is 5.91 Å². The Labute approximate surface area is 163 Å². The maximum atomic E-state index is 12.1. The summed E-state index contributed by atoms with van der Waals surface area (Å²) in [6, 6.07) is 11.7. The van der Waals surface area contributed by atoms with E-state index in [1.807, 2.05) is 83.2 Å². The highest BCUT2D eigenvalue weighted by atomic mass is 16.1. The zero-order chi connectivity index (χ0) is 20.2. The Morgan fingerprint density at radius 1 is 1.15 bits per heavy atom. The average Bonchev–Trinajstić information content (AvgIpc) is 2.65. The number of carbonyl (C=O) groups excluding carboxylic acids is 1. The molecule has 0 aliphatic rings. The van der Waals surface area contributed by atoms with Crippen molar-refractivity contribution in [3.8, 4) is 0 Å². The fourth-order valence-corrected chi connectivity index (χ4v) is 2.40. The standard InChI is InChI=1S/C22H24N2O.C2H6/c1-5-6-20(13-16(2)3)19-10-8-18(9-11-19)14-22(25)24-21-12-7-17(4)15-23-21;1-2/h5-13,15H,2,14H2,1,3-4H3,(H,23,24,25);1-2H3/b6-5-,20-13+;. The molecule has 0 saturated heterocycles. The molecule has 1 heterocycles. The van der Waals surface area contributed by atoms with Crippen LogP contribution in [0.25, 0.3) is 5.57 Å². The first kappa shape index (κ1) is 22.1. The Balaban J connectivity index is 0.00000176. The number of nitrogens with one attached hydrogen (secondary N) is 1. The zero-order valence-electron chi connectivity index (χ0n) is 17.0.